The van der Waals surface area contributed by atoms with Gasteiger partial charge in [-0.25, -0.2) is 4.79 Å². The first-order valence-corrected chi connectivity index (χ1v) is 11.5. The van der Waals surface area contributed by atoms with Gasteiger partial charge < -0.3 is 20.1 Å². The summed E-state index contributed by atoms with van der Waals surface area (Å²) in [4.78, 5) is 38.3. The minimum Gasteiger partial charge on any atom is -0.481 e. The van der Waals surface area contributed by atoms with Crippen LogP contribution >= 0.6 is 0 Å². The number of amides is 2. The molecular weight excluding hydrogens is 420 g/mol. The van der Waals surface area contributed by atoms with E-state index in [2.05, 4.69) is 29.6 Å². The number of alkyl carbamates (subject to hydrolysis) is 1. The fraction of sp³-hybridized carbons (Fsp3) is 0.423. The number of carboxylic acids is 1. The highest BCUT2D eigenvalue weighted by atomic mass is 16.5. The number of nitrogens with one attached hydrogen (secondary N) is 1. The summed E-state index contributed by atoms with van der Waals surface area (Å²) in [6.45, 7) is 4.53. The lowest BCUT2D eigenvalue weighted by Gasteiger charge is -2.47. The molecule has 0 aromatic heterocycles. The molecule has 2 aromatic rings. The van der Waals surface area contributed by atoms with Gasteiger partial charge in [-0.15, -0.1) is 0 Å². The van der Waals surface area contributed by atoms with Crippen molar-refractivity contribution in [3.63, 3.8) is 0 Å². The van der Waals surface area contributed by atoms with E-state index >= 15 is 0 Å². The Kier molecular flexibility index (Phi) is 6.40. The summed E-state index contributed by atoms with van der Waals surface area (Å²) in [6.07, 6.45) is 0.478. The first-order chi connectivity index (χ1) is 15.9. The number of carbonyl (C=O) groups is 3. The van der Waals surface area contributed by atoms with Crippen LogP contribution in [0.25, 0.3) is 11.1 Å². The van der Waals surface area contributed by atoms with Crippen LogP contribution in [0.2, 0.25) is 0 Å². The van der Waals surface area contributed by atoms with Crippen molar-refractivity contribution < 1.29 is 24.2 Å². The van der Waals surface area contributed by atoms with Gasteiger partial charge in [-0.3, -0.25) is 9.59 Å². The number of fused-ring (bicyclic) bond motifs is 3. The molecule has 0 bridgehead atoms. The Hall–Kier alpha value is -3.35. The maximum Gasteiger partial charge on any atom is 0.407 e. The molecule has 1 saturated heterocycles. The van der Waals surface area contributed by atoms with E-state index < -0.39 is 23.4 Å². The Balaban J connectivity index is 1.31. The molecule has 0 spiro atoms. The van der Waals surface area contributed by atoms with Crippen LogP contribution in [0.1, 0.15) is 43.7 Å². The number of carbonyl (C=O) groups excluding carboxylic acids is 2. The van der Waals surface area contributed by atoms with Gasteiger partial charge in [0.2, 0.25) is 5.91 Å². The van der Waals surface area contributed by atoms with Gasteiger partial charge >= 0.3 is 12.1 Å². The van der Waals surface area contributed by atoms with Crippen molar-refractivity contribution in [1.82, 2.24) is 10.2 Å². The number of rotatable bonds is 8. The van der Waals surface area contributed by atoms with Gasteiger partial charge in [-0.05, 0) is 35.1 Å². The third-order valence-electron chi connectivity index (χ3n) is 7.11. The number of hydrogen-bond acceptors (Lipinski definition) is 4. The van der Waals surface area contributed by atoms with Crippen LogP contribution in [0.4, 0.5) is 4.79 Å². The van der Waals surface area contributed by atoms with Crippen LogP contribution in [-0.4, -0.2) is 54.2 Å². The molecule has 7 nitrogen and oxygen atoms in total. The molecular formula is C26H30N2O5. The zero-order valence-corrected chi connectivity index (χ0v) is 19.0. The summed E-state index contributed by atoms with van der Waals surface area (Å²) in [5.74, 6) is -1.42. The van der Waals surface area contributed by atoms with E-state index in [1.165, 1.54) is 0 Å². The van der Waals surface area contributed by atoms with E-state index in [1.807, 2.05) is 38.1 Å². The maximum atomic E-state index is 12.8. The lowest BCUT2D eigenvalue weighted by atomic mass is 9.77. The highest BCUT2D eigenvalue weighted by Crippen LogP contribution is 2.44. The molecule has 2 aliphatic rings. The molecule has 1 aliphatic carbocycles. The van der Waals surface area contributed by atoms with Gasteiger partial charge in [0.1, 0.15) is 12.0 Å². The van der Waals surface area contributed by atoms with Gasteiger partial charge in [-0.2, -0.15) is 0 Å². The first-order valence-electron chi connectivity index (χ1n) is 11.5. The van der Waals surface area contributed by atoms with E-state index in [0.717, 1.165) is 22.3 Å². The van der Waals surface area contributed by atoms with E-state index in [4.69, 9.17) is 4.74 Å². The molecule has 2 amide bonds. The quantitative estimate of drug-likeness (QED) is 0.636. The maximum absolute atomic E-state index is 12.8. The van der Waals surface area contributed by atoms with Crippen molar-refractivity contribution >= 4 is 18.0 Å². The minimum atomic E-state index is -0.862. The van der Waals surface area contributed by atoms with E-state index in [0.29, 0.717) is 12.8 Å². The van der Waals surface area contributed by atoms with Crippen molar-refractivity contribution in [2.24, 2.45) is 11.3 Å². The number of ether oxygens (including phenoxy) is 1. The highest BCUT2D eigenvalue weighted by molar-refractivity contribution is 5.85. The summed E-state index contributed by atoms with van der Waals surface area (Å²) in [6, 6.07) is 16.3. The van der Waals surface area contributed by atoms with Gasteiger partial charge in [0.25, 0.3) is 0 Å². The molecule has 1 unspecified atom stereocenters. The Labute approximate surface area is 193 Å². The van der Waals surface area contributed by atoms with Gasteiger partial charge in [0, 0.05) is 25.6 Å². The predicted octanol–water partition coefficient (Wildman–Crippen LogP) is 3.87. The molecule has 1 aliphatic heterocycles. The van der Waals surface area contributed by atoms with Gasteiger partial charge in [-0.1, -0.05) is 62.4 Å². The fourth-order valence-corrected chi connectivity index (χ4v) is 4.87. The van der Waals surface area contributed by atoms with Crippen molar-refractivity contribution in [2.75, 3.05) is 26.2 Å². The van der Waals surface area contributed by atoms with Gasteiger partial charge in [0.15, 0.2) is 0 Å². The van der Waals surface area contributed by atoms with Crippen LogP contribution in [-0.2, 0) is 14.3 Å². The van der Waals surface area contributed by atoms with Crippen LogP contribution in [0.15, 0.2) is 48.5 Å². The standard InChI is InChI=1S/C26H30N2O5/c1-3-17(23(29)28-15-26(4-2,16-28)24(30)31)13-27-25(32)33-14-22-20-11-7-5-9-18(20)19-10-6-8-12-21(19)22/h5-12,17,22H,3-4,13-16H2,1-2H3,(H,27,32)(H,30,31). The average Bonchev–Trinajstić information content (AvgIpc) is 3.11. The second kappa shape index (κ2) is 9.25. The number of benzene rings is 2. The van der Waals surface area contributed by atoms with Gasteiger partial charge in [0.05, 0.1) is 5.92 Å². The molecule has 4 rings (SSSR count). The molecule has 1 atom stereocenters. The summed E-state index contributed by atoms with van der Waals surface area (Å²) in [5.41, 5.74) is 3.77. The lowest BCUT2D eigenvalue weighted by molar-refractivity contribution is -0.168. The summed E-state index contributed by atoms with van der Waals surface area (Å²) >= 11 is 0. The molecule has 1 fully saturated rings. The molecule has 174 valence electrons. The Bertz CT molecular complexity index is 1010. The highest BCUT2D eigenvalue weighted by Gasteiger charge is 2.50. The molecule has 33 heavy (non-hydrogen) atoms. The zero-order chi connectivity index (χ0) is 23.6. The third-order valence-corrected chi connectivity index (χ3v) is 7.11. The summed E-state index contributed by atoms with van der Waals surface area (Å²) < 4.78 is 5.54. The van der Waals surface area contributed by atoms with Crippen LogP contribution in [0.5, 0.6) is 0 Å². The van der Waals surface area contributed by atoms with Crippen LogP contribution in [0, 0.1) is 11.3 Å². The Morgan fingerprint density at radius 1 is 1.06 bits per heavy atom. The first kappa shape index (κ1) is 22.8. The monoisotopic (exact) mass is 450 g/mol. The molecule has 1 heterocycles. The normalized spacial score (nSPS) is 16.8. The average molecular weight is 451 g/mol. The zero-order valence-electron chi connectivity index (χ0n) is 19.0. The van der Waals surface area contributed by atoms with Crippen molar-refractivity contribution in [3.05, 3.63) is 59.7 Å². The minimum absolute atomic E-state index is 0.0222. The molecule has 0 radical (unpaired) electrons. The molecule has 7 heteroatoms. The molecule has 0 saturated carbocycles. The molecule has 2 aromatic carbocycles. The molecule has 2 N–H and O–H groups in total. The number of hydrogen-bond donors (Lipinski definition) is 2. The number of likely N-dealkylation sites (tertiary alicyclic amines) is 1. The smallest absolute Gasteiger partial charge is 0.407 e. The number of carboxylic acid groups (broad SMARTS) is 1. The van der Waals surface area contributed by atoms with Crippen molar-refractivity contribution in [3.8, 4) is 11.1 Å². The summed E-state index contributed by atoms with van der Waals surface area (Å²) in [5, 5.41) is 12.1. The Morgan fingerprint density at radius 2 is 1.64 bits per heavy atom. The van der Waals surface area contributed by atoms with Crippen molar-refractivity contribution in [1.29, 1.82) is 0 Å². The number of nitrogens with zero attached hydrogens (tertiary/aromatic N) is 1. The Morgan fingerprint density at radius 3 is 2.15 bits per heavy atom. The van der Waals surface area contributed by atoms with E-state index in [-0.39, 0.29) is 38.1 Å². The van der Waals surface area contributed by atoms with Crippen LogP contribution < -0.4 is 5.32 Å². The SMILES string of the molecule is CCC(CNC(=O)OCC1c2ccccc2-c2ccccc21)C(=O)N1CC(CC)(C(=O)O)C1. The third kappa shape index (κ3) is 4.19. The predicted molar refractivity (Wildman–Crippen MR) is 124 cm³/mol. The lowest BCUT2D eigenvalue weighted by Crippen LogP contribution is -2.63. The topological polar surface area (TPSA) is 95.9 Å². The second-order valence-electron chi connectivity index (χ2n) is 8.94. The largest absolute Gasteiger partial charge is 0.481 e. The van der Waals surface area contributed by atoms with E-state index in [9.17, 15) is 19.5 Å². The van der Waals surface area contributed by atoms with Crippen LogP contribution in [0.3, 0.4) is 0 Å². The second-order valence-corrected chi connectivity index (χ2v) is 8.94. The number of aliphatic carboxylic acids is 1. The fourth-order valence-electron chi connectivity index (χ4n) is 4.87. The van der Waals surface area contributed by atoms with E-state index in [1.54, 1.807) is 4.90 Å². The summed E-state index contributed by atoms with van der Waals surface area (Å²) in [7, 11) is 0. The van der Waals surface area contributed by atoms with Crippen molar-refractivity contribution in [2.45, 2.75) is 32.6 Å².